The molecule has 0 N–H and O–H groups in total. The molecule has 132 valence electrons. The molecule has 0 spiro atoms. The third-order valence-electron chi connectivity index (χ3n) is 3.76. The van der Waals surface area contributed by atoms with Crippen LogP contribution in [0.25, 0.3) is 5.57 Å². The number of imide groups is 1. The Morgan fingerprint density at radius 3 is 2.38 bits per heavy atom. The maximum atomic E-state index is 13.5. The number of non-ortho nitro benzene ring substituents is 1. The minimum atomic E-state index is -0.578. The van der Waals surface area contributed by atoms with E-state index in [1.54, 1.807) is 0 Å². The van der Waals surface area contributed by atoms with Crippen LogP contribution in [-0.2, 0) is 9.59 Å². The molecule has 1 heterocycles. The Kier molecular flexibility index (Phi) is 4.85. The topological polar surface area (TPSA) is 80.5 Å². The van der Waals surface area contributed by atoms with Crippen molar-refractivity contribution in [2.24, 2.45) is 0 Å². The molecule has 2 aromatic rings. The second-order valence-corrected chi connectivity index (χ2v) is 6.64. The van der Waals surface area contributed by atoms with Crippen molar-refractivity contribution in [3.05, 3.63) is 74.9 Å². The lowest BCUT2D eigenvalue weighted by molar-refractivity contribution is -0.384. The van der Waals surface area contributed by atoms with E-state index in [0.29, 0.717) is 11.3 Å². The van der Waals surface area contributed by atoms with Crippen molar-refractivity contribution in [1.82, 2.24) is 0 Å². The second kappa shape index (κ2) is 7.09. The van der Waals surface area contributed by atoms with Crippen LogP contribution in [0.5, 0.6) is 0 Å². The highest BCUT2D eigenvalue weighted by Crippen LogP contribution is 2.38. The van der Waals surface area contributed by atoms with Gasteiger partial charge in [0, 0.05) is 12.1 Å². The lowest BCUT2D eigenvalue weighted by Crippen LogP contribution is -2.31. The highest BCUT2D eigenvalue weighted by molar-refractivity contribution is 8.04. The fraction of sp³-hybridized carbons (Fsp3) is 0.111. The van der Waals surface area contributed by atoms with E-state index in [-0.39, 0.29) is 21.9 Å². The molecule has 6 nitrogen and oxygen atoms in total. The van der Waals surface area contributed by atoms with Gasteiger partial charge < -0.3 is 0 Å². The highest BCUT2D eigenvalue weighted by Gasteiger charge is 2.40. The van der Waals surface area contributed by atoms with Gasteiger partial charge in [0.2, 0.25) is 0 Å². The Hall–Kier alpha value is -3.00. The number of nitrogens with zero attached hydrogens (tertiary/aromatic N) is 2. The number of nitro benzene ring substituents is 1. The minimum absolute atomic E-state index is 0.113. The summed E-state index contributed by atoms with van der Waals surface area (Å²) >= 11 is 1.21. The number of halogens is 1. The molecule has 0 unspecified atom stereocenters. The Morgan fingerprint density at radius 1 is 1.12 bits per heavy atom. The Labute approximate surface area is 152 Å². The van der Waals surface area contributed by atoms with Gasteiger partial charge in [0.15, 0.2) is 0 Å². The number of carbonyl (C=O) groups excluding carboxylic acids is 2. The standard InChI is InChI=1S/C18H13FN2O4S/c1-2-26-16-15(11-6-8-13(9-7-11)21(24)25)17(22)20(18(16)23)14-5-3-4-12(19)10-14/h3-10H,2H2,1H3. The molecule has 8 heteroatoms. The quantitative estimate of drug-likeness (QED) is 0.453. The van der Waals surface area contributed by atoms with Gasteiger partial charge in [0.05, 0.1) is 21.1 Å². The van der Waals surface area contributed by atoms with Crippen molar-refractivity contribution in [3.63, 3.8) is 0 Å². The van der Waals surface area contributed by atoms with Gasteiger partial charge in [-0.25, -0.2) is 9.29 Å². The van der Waals surface area contributed by atoms with Gasteiger partial charge in [-0.1, -0.05) is 13.0 Å². The zero-order chi connectivity index (χ0) is 18.8. The summed E-state index contributed by atoms with van der Waals surface area (Å²) in [5.74, 6) is -1.11. The van der Waals surface area contributed by atoms with Crippen LogP contribution in [0.1, 0.15) is 12.5 Å². The van der Waals surface area contributed by atoms with Crippen LogP contribution >= 0.6 is 11.8 Å². The molecular formula is C18H13FN2O4S. The zero-order valence-electron chi connectivity index (χ0n) is 13.6. The fourth-order valence-electron chi connectivity index (χ4n) is 2.64. The first kappa shape index (κ1) is 17.8. The second-order valence-electron chi connectivity index (χ2n) is 5.37. The van der Waals surface area contributed by atoms with Gasteiger partial charge in [0.1, 0.15) is 5.82 Å². The van der Waals surface area contributed by atoms with Gasteiger partial charge in [-0.05, 0) is 41.6 Å². The molecule has 1 aliphatic heterocycles. The number of hydrogen-bond donors (Lipinski definition) is 0. The van der Waals surface area contributed by atoms with Crippen molar-refractivity contribution < 1.29 is 18.9 Å². The zero-order valence-corrected chi connectivity index (χ0v) is 14.5. The summed E-state index contributed by atoms with van der Waals surface area (Å²) in [5, 5.41) is 10.8. The van der Waals surface area contributed by atoms with Crippen molar-refractivity contribution >= 4 is 40.5 Å². The number of thioether (sulfide) groups is 1. The highest BCUT2D eigenvalue weighted by atomic mass is 32.2. The van der Waals surface area contributed by atoms with E-state index in [0.717, 1.165) is 11.0 Å². The van der Waals surface area contributed by atoms with Crippen LogP contribution in [-0.4, -0.2) is 22.5 Å². The Bertz CT molecular complexity index is 940. The molecule has 2 amide bonds. The first-order valence-electron chi connectivity index (χ1n) is 7.70. The van der Waals surface area contributed by atoms with Crippen molar-refractivity contribution in [1.29, 1.82) is 0 Å². The molecule has 0 saturated carbocycles. The summed E-state index contributed by atoms with van der Waals surface area (Å²) in [5.41, 5.74) is 0.605. The third kappa shape index (κ3) is 3.11. The number of hydrogen-bond acceptors (Lipinski definition) is 5. The number of nitro groups is 1. The molecule has 1 aliphatic rings. The summed E-state index contributed by atoms with van der Waals surface area (Å²) in [6.45, 7) is 1.84. The average molecular weight is 372 g/mol. The van der Waals surface area contributed by atoms with E-state index >= 15 is 0 Å². The lowest BCUT2D eigenvalue weighted by atomic mass is 10.1. The first-order valence-corrected chi connectivity index (χ1v) is 8.69. The number of rotatable bonds is 5. The third-order valence-corrected chi connectivity index (χ3v) is 4.72. The van der Waals surface area contributed by atoms with Gasteiger partial charge in [-0.3, -0.25) is 19.7 Å². The van der Waals surface area contributed by atoms with Crippen LogP contribution in [0.2, 0.25) is 0 Å². The molecule has 0 aliphatic carbocycles. The van der Waals surface area contributed by atoms with E-state index in [9.17, 15) is 24.1 Å². The van der Waals surface area contributed by atoms with Gasteiger partial charge in [-0.2, -0.15) is 0 Å². The number of amides is 2. The molecule has 0 aromatic heterocycles. The van der Waals surface area contributed by atoms with E-state index < -0.39 is 22.6 Å². The number of benzene rings is 2. The molecule has 0 radical (unpaired) electrons. The van der Waals surface area contributed by atoms with Crippen molar-refractivity contribution in [3.8, 4) is 0 Å². The molecular weight excluding hydrogens is 359 g/mol. The first-order chi connectivity index (χ1) is 12.4. The summed E-state index contributed by atoms with van der Waals surface area (Å²) in [6.07, 6.45) is 0. The summed E-state index contributed by atoms with van der Waals surface area (Å²) in [4.78, 5) is 37.1. The lowest BCUT2D eigenvalue weighted by Gasteiger charge is -2.15. The molecule has 2 aromatic carbocycles. The largest absolute Gasteiger partial charge is 0.272 e. The molecule has 0 bridgehead atoms. The van der Waals surface area contributed by atoms with E-state index in [1.807, 2.05) is 6.92 Å². The summed E-state index contributed by atoms with van der Waals surface area (Å²) in [6, 6.07) is 10.7. The van der Waals surface area contributed by atoms with E-state index in [1.165, 1.54) is 54.2 Å². The smallest absolute Gasteiger partial charge is 0.268 e. The van der Waals surface area contributed by atoms with Crippen LogP contribution < -0.4 is 4.90 Å². The Balaban J connectivity index is 2.07. The summed E-state index contributed by atoms with van der Waals surface area (Å²) in [7, 11) is 0. The van der Waals surface area contributed by atoms with Gasteiger partial charge >= 0.3 is 0 Å². The molecule has 0 fully saturated rings. The van der Waals surface area contributed by atoms with E-state index in [2.05, 4.69) is 0 Å². The number of anilines is 1. The maximum absolute atomic E-state index is 13.5. The predicted molar refractivity (Wildman–Crippen MR) is 97.0 cm³/mol. The van der Waals surface area contributed by atoms with Gasteiger partial charge in [0.25, 0.3) is 17.5 Å². The molecule has 0 atom stereocenters. The normalized spacial score (nSPS) is 14.3. The average Bonchev–Trinajstić information content (AvgIpc) is 2.85. The monoisotopic (exact) mass is 372 g/mol. The molecule has 3 rings (SSSR count). The van der Waals surface area contributed by atoms with E-state index in [4.69, 9.17) is 0 Å². The predicted octanol–water partition coefficient (Wildman–Crippen LogP) is 3.77. The van der Waals surface area contributed by atoms with Crippen LogP contribution in [0, 0.1) is 15.9 Å². The van der Waals surface area contributed by atoms with Crippen molar-refractivity contribution in [2.75, 3.05) is 10.7 Å². The fourth-order valence-corrected chi connectivity index (χ4v) is 3.49. The number of carbonyl (C=O) groups is 2. The van der Waals surface area contributed by atoms with Gasteiger partial charge in [-0.15, -0.1) is 11.8 Å². The maximum Gasteiger partial charge on any atom is 0.272 e. The molecule has 26 heavy (non-hydrogen) atoms. The van der Waals surface area contributed by atoms with Crippen LogP contribution in [0.4, 0.5) is 15.8 Å². The van der Waals surface area contributed by atoms with Crippen LogP contribution in [0.15, 0.2) is 53.4 Å². The SMILES string of the molecule is CCSC1=C(c2ccc([N+](=O)[O-])cc2)C(=O)N(c2cccc(F)c2)C1=O. The summed E-state index contributed by atoms with van der Waals surface area (Å²) < 4.78 is 13.5. The van der Waals surface area contributed by atoms with Crippen molar-refractivity contribution in [2.45, 2.75) is 6.92 Å². The van der Waals surface area contributed by atoms with Crippen LogP contribution in [0.3, 0.4) is 0 Å². The Morgan fingerprint density at radius 2 is 1.81 bits per heavy atom. The minimum Gasteiger partial charge on any atom is -0.268 e. The molecule has 0 saturated heterocycles.